The van der Waals surface area contributed by atoms with Gasteiger partial charge in [-0.25, -0.2) is 9.59 Å². The van der Waals surface area contributed by atoms with Crippen molar-refractivity contribution < 1.29 is 23.9 Å². The van der Waals surface area contributed by atoms with Gasteiger partial charge in [0.15, 0.2) is 6.61 Å². The van der Waals surface area contributed by atoms with E-state index in [0.717, 1.165) is 36.6 Å². The van der Waals surface area contributed by atoms with Crippen molar-refractivity contribution in [1.29, 1.82) is 0 Å². The fraction of sp³-hybridized carbons (Fsp3) is 0.421. The summed E-state index contributed by atoms with van der Waals surface area (Å²) in [5.74, 6) is -0.685. The zero-order chi connectivity index (χ0) is 19.2. The summed E-state index contributed by atoms with van der Waals surface area (Å²) in [4.78, 5) is 38.7. The summed E-state index contributed by atoms with van der Waals surface area (Å²) in [6.07, 6.45) is 5.17. The van der Waals surface area contributed by atoms with Crippen LogP contribution in [0.15, 0.2) is 24.3 Å². The van der Waals surface area contributed by atoms with Crippen LogP contribution in [0.1, 0.15) is 42.6 Å². The lowest BCUT2D eigenvalue weighted by Gasteiger charge is -2.22. The Morgan fingerprint density at radius 1 is 1.15 bits per heavy atom. The highest BCUT2D eigenvalue weighted by atomic mass is 16.5. The number of urea groups is 1. The number of rotatable bonds is 5. The maximum absolute atomic E-state index is 12.1. The number of hydrogen-bond donors (Lipinski definition) is 3. The van der Waals surface area contributed by atoms with Gasteiger partial charge >= 0.3 is 12.0 Å². The molecule has 27 heavy (non-hydrogen) atoms. The van der Waals surface area contributed by atoms with Crippen molar-refractivity contribution >= 4 is 28.8 Å². The second-order valence-electron chi connectivity index (χ2n) is 6.57. The van der Waals surface area contributed by atoms with Crippen LogP contribution in [0.5, 0.6) is 5.75 Å². The summed E-state index contributed by atoms with van der Waals surface area (Å²) in [7, 11) is 1.56. The molecule has 1 fully saturated rings. The quantitative estimate of drug-likeness (QED) is 0.698. The lowest BCUT2D eigenvalue weighted by atomic mass is 9.96. The summed E-state index contributed by atoms with van der Waals surface area (Å²) in [6.45, 7) is -0.532. The van der Waals surface area contributed by atoms with Crippen molar-refractivity contribution in [2.45, 2.75) is 38.1 Å². The maximum Gasteiger partial charge on any atom is 0.355 e. The number of aromatic nitrogens is 1. The van der Waals surface area contributed by atoms with Gasteiger partial charge in [-0.2, -0.15) is 0 Å². The minimum absolute atomic E-state index is 0.0949. The lowest BCUT2D eigenvalue weighted by molar-refractivity contribution is -0.123. The van der Waals surface area contributed by atoms with Crippen LogP contribution in [-0.4, -0.2) is 42.7 Å². The first-order chi connectivity index (χ1) is 13.0. The molecule has 1 aromatic heterocycles. The molecule has 1 saturated carbocycles. The van der Waals surface area contributed by atoms with Crippen molar-refractivity contribution in [3.05, 3.63) is 30.0 Å². The SMILES string of the molecule is COc1ccc2cc(C(=O)OCC(=O)NC(=O)NC3CCCCC3)[nH]c2c1. The Kier molecular flexibility index (Phi) is 5.95. The second kappa shape index (κ2) is 8.57. The van der Waals surface area contributed by atoms with Crippen LogP contribution in [0.25, 0.3) is 10.9 Å². The first-order valence-corrected chi connectivity index (χ1v) is 8.99. The zero-order valence-corrected chi connectivity index (χ0v) is 15.2. The molecule has 0 radical (unpaired) electrons. The van der Waals surface area contributed by atoms with Crippen LogP contribution in [0.4, 0.5) is 4.79 Å². The Hall–Kier alpha value is -3.03. The number of fused-ring (bicyclic) bond motifs is 1. The van der Waals surface area contributed by atoms with Gasteiger partial charge < -0.3 is 19.8 Å². The number of imide groups is 1. The van der Waals surface area contributed by atoms with Gasteiger partial charge in [-0.05, 0) is 31.0 Å². The molecular weight excluding hydrogens is 350 g/mol. The third-order valence-corrected chi connectivity index (χ3v) is 4.58. The molecule has 0 unspecified atom stereocenters. The monoisotopic (exact) mass is 373 g/mol. The predicted octanol–water partition coefficient (Wildman–Crippen LogP) is 2.49. The number of amides is 3. The molecule has 3 rings (SSSR count). The summed E-state index contributed by atoms with van der Waals surface area (Å²) < 4.78 is 10.1. The van der Waals surface area contributed by atoms with Crippen molar-refractivity contribution in [3.63, 3.8) is 0 Å². The van der Waals surface area contributed by atoms with Gasteiger partial charge in [0.05, 0.1) is 7.11 Å². The van der Waals surface area contributed by atoms with Crippen LogP contribution in [-0.2, 0) is 9.53 Å². The van der Waals surface area contributed by atoms with Gasteiger partial charge in [0.2, 0.25) is 0 Å². The van der Waals surface area contributed by atoms with Gasteiger partial charge in [-0.1, -0.05) is 19.3 Å². The summed E-state index contributed by atoms with van der Waals surface area (Å²) >= 11 is 0. The molecule has 1 aromatic carbocycles. The normalized spacial score (nSPS) is 14.6. The minimum Gasteiger partial charge on any atom is -0.497 e. The number of nitrogens with one attached hydrogen (secondary N) is 3. The van der Waals surface area contributed by atoms with E-state index < -0.39 is 24.5 Å². The van der Waals surface area contributed by atoms with E-state index >= 15 is 0 Å². The molecule has 1 aliphatic carbocycles. The molecule has 0 bridgehead atoms. The van der Waals surface area contributed by atoms with E-state index in [9.17, 15) is 14.4 Å². The van der Waals surface area contributed by atoms with Crippen LogP contribution in [0, 0.1) is 0 Å². The zero-order valence-electron chi connectivity index (χ0n) is 15.2. The molecule has 8 heteroatoms. The fourth-order valence-electron chi connectivity index (χ4n) is 3.18. The number of carbonyl (C=O) groups excluding carboxylic acids is 3. The third kappa shape index (κ3) is 4.99. The average Bonchev–Trinajstić information content (AvgIpc) is 3.10. The van der Waals surface area contributed by atoms with Crippen molar-refractivity contribution in [3.8, 4) is 5.75 Å². The van der Waals surface area contributed by atoms with E-state index in [1.54, 1.807) is 25.3 Å². The molecule has 0 atom stereocenters. The van der Waals surface area contributed by atoms with Crippen molar-refractivity contribution in [2.75, 3.05) is 13.7 Å². The lowest BCUT2D eigenvalue weighted by Crippen LogP contribution is -2.46. The topological polar surface area (TPSA) is 110 Å². The molecular formula is C19H23N3O5. The second-order valence-corrected chi connectivity index (χ2v) is 6.57. The standard InChI is InChI=1S/C19H23N3O5/c1-26-14-8-7-12-9-16(21-15(12)10-14)18(24)27-11-17(23)22-19(25)20-13-5-3-2-4-6-13/h7-10,13,21H,2-6,11H2,1H3,(H2,20,22,23,25). The Balaban J connectivity index is 1.48. The molecule has 3 N–H and O–H groups in total. The number of carbonyl (C=O) groups is 3. The van der Waals surface area contributed by atoms with E-state index in [1.165, 1.54) is 6.42 Å². The number of hydrogen-bond acceptors (Lipinski definition) is 5. The smallest absolute Gasteiger partial charge is 0.355 e. The Morgan fingerprint density at radius 2 is 1.93 bits per heavy atom. The fourth-order valence-corrected chi connectivity index (χ4v) is 3.18. The first-order valence-electron chi connectivity index (χ1n) is 8.99. The van der Waals surface area contributed by atoms with E-state index in [2.05, 4.69) is 15.6 Å². The molecule has 144 valence electrons. The Morgan fingerprint density at radius 3 is 2.67 bits per heavy atom. The van der Waals surface area contributed by atoms with E-state index in [1.807, 2.05) is 6.07 Å². The average molecular weight is 373 g/mol. The van der Waals surface area contributed by atoms with Gasteiger partial charge in [-0.3, -0.25) is 10.1 Å². The first kappa shape index (κ1) is 18.8. The Bertz CT molecular complexity index is 839. The number of benzene rings is 1. The van der Waals surface area contributed by atoms with E-state index in [0.29, 0.717) is 5.75 Å². The van der Waals surface area contributed by atoms with Gasteiger partial charge in [0.25, 0.3) is 5.91 Å². The highest BCUT2D eigenvalue weighted by molar-refractivity contribution is 5.98. The number of ether oxygens (including phenoxy) is 2. The van der Waals surface area contributed by atoms with E-state index in [4.69, 9.17) is 9.47 Å². The summed E-state index contributed by atoms with van der Waals surface area (Å²) in [6, 6.07) is 6.52. The number of methoxy groups -OCH3 is 1. The highest BCUT2D eigenvalue weighted by Crippen LogP contribution is 2.21. The third-order valence-electron chi connectivity index (χ3n) is 4.58. The van der Waals surface area contributed by atoms with Crippen LogP contribution < -0.4 is 15.4 Å². The maximum atomic E-state index is 12.1. The summed E-state index contributed by atoms with van der Waals surface area (Å²) in [5, 5.41) is 5.77. The predicted molar refractivity (Wildman–Crippen MR) is 98.7 cm³/mol. The molecule has 0 saturated heterocycles. The van der Waals surface area contributed by atoms with Crippen molar-refractivity contribution in [2.24, 2.45) is 0 Å². The molecule has 2 aromatic rings. The van der Waals surface area contributed by atoms with E-state index in [-0.39, 0.29) is 11.7 Å². The van der Waals surface area contributed by atoms with Gasteiger partial charge in [0.1, 0.15) is 11.4 Å². The van der Waals surface area contributed by atoms with Gasteiger partial charge in [-0.15, -0.1) is 0 Å². The minimum atomic E-state index is -0.673. The molecule has 1 aliphatic rings. The molecule has 3 amide bonds. The molecule has 8 nitrogen and oxygen atoms in total. The number of esters is 1. The molecule has 0 spiro atoms. The van der Waals surface area contributed by atoms with Crippen LogP contribution in [0.3, 0.4) is 0 Å². The number of H-pyrrole nitrogens is 1. The number of aromatic amines is 1. The summed E-state index contributed by atoms with van der Waals surface area (Å²) in [5.41, 5.74) is 0.940. The molecule has 1 heterocycles. The van der Waals surface area contributed by atoms with Gasteiger partial charge in [0, 0.05) is 23.0 Å². The Labute approximate surface area is 156 Å². The highest BCUT2D eigenvalue weighted by Gasteiger charge is 2.18. The van der Waals surface area contributed by atoms with Crippen molar-refractivity contribution in [1.82, 2.24) is 15.6 Å². The van der Waals surface area contributed by atoms with Crippen LogP contribution in [0.2, 0.25) is 0 Å². The largest absolute Gasteiger partial charge is 0.497 e. The van der Waals surface area contributed by atoms with Crippen LogP contribution >= 0.6 is 0 Å². The molecule has 0 aliphatic heterocycles.